The molecular weight excluding hydrogens is 255 g/mol. The van der Waals surface area contributed by atoms with Crippen LogP contribution in [-0.4, -0.2) is 31.3 Å². The molecule has 0 heterocycles. The summed E-state index contributed by atoms with van der Waals surface area (Å²) in [5.74, 6) is 0.353. The zero-order valence-corrected chi connectivity index (χ0v) is 12.8. The van der Waals surface area contributed by atoms with Crippen molar-refractivity contribution in [3.8, 4) is 0 Å². The molecule has 1 aromatic carbocycles. The lowest BCUT2D eigenvalue weighted by atomic mass is 10.1. The fourth-order valence-corrected chi connectivity index (χ4v) is 2.24. The second-order valence-electron chi connectivity index (χ2n) is 5.51. The fraction of sp³-hybridized carbons (Fsp3) is 0.625. The molecule has 0 atom stereocenters. The van der Waals surface area contributed by atoms with E-state index in [1.54, 1.807) is 6.07 Å². The van der Waals surface area contributed by atoms with Crippen LogP contribution in [0.25, 0.3) is 0 Å². The van der Waals surface area contributed by atoms with Crippen LogP contribution in [0.3, 0.4) is 0 Å². The molecule has 20 heavy (non-hydrogen) atoms. The average Bonchev–Trinajstić information content (AvgIpc) is 2.38. The van der Waals surface area contributed by atoms with E-state index in [1.807, 2.05) is 6.07 Å². The Morgan fingerprint density at radius 3 is 2.65 bits per heavy atom. The van der Waals surface area contributed by atoms with E-state index in [0.29, 0.717) is 19.0 Å². The molecule has 0 spiro atoms. The van der Waals surface area contributed by atoms with Crippen molar-refractivity contribution in [2.45, 2.75) is 33.7 Å². The van der Waals surface area contributed by atoms with Crippen molar-refractivity contribution in [1.29, 1.82) is 0 Å². The lowest BCUT2D eigenvalue weighted by Gasteiger charge is -2.26. The van der Waals surface area contributed by atoms with Crippen LogP contribution in [0.5, 0.6) is 0 Å². The Labute approximate surface area is 121 Å². The Hall–Kier alpha value is -1.13. The summed E-state index contributed by atoms with van der Waals surface area (Å²) in [5.41, 5.74) is 1.96. The highest BCUT2D eigenvalue weighted by Gasteiger charge is 2.11. The molecule has 3 nitrogen and oxygen atoms in total. The summed E-state index contributed by atoms with van der Waals surface area (Å²) >= 11 is 0. The Kier molecular flexibility index (Phi) is 7.55. The van der Waals surface area contributed by atoms with Crippen LogP contribution in [0.15, 0.2) is 18.2 Å². The van der Waals surface area contributed by atoms with Gasteiger partial charge in [0.1, 0.15) is 5.82 Å². The number of hydrogen-bond donors (Lipinski definition) is 2. The van der Waals surface area contributed by atoms with Gasteiger partial charge in [-0.3, -0.25) is 0 Å². The highest BCUT2D eigenvalue weighted by molar-refractivity contribution is 5.54. The summed E-state index contributed by atoms with van der Waals surface area (Å²) < 4.78 is 13.5. The van der Waals surface area contributed by atoms with Crippen molar-refractivity contribution in [3.05, 3.63) is 29.6 Å². The van der Waals surface area contributed by atoms with Gasteiger partial charge in [0.2, 0.25) is 0 Å². The third-order valence-corrected chi connectivity index (χ3v) is 3.11. The Balaban J connectivity index is 2.86. The summed E-state index contributed by atoms with van der Waals surface area (Å²) in [5, 5.41) is 12.5. The SMILES string of the molecule is CCCN(CCO)c1ccc(F)cc1CNCC(C)C. The van der Waals surface area contributed by atoms with Gasteiger partial charge in [-0.1, -0.05) is 20.8 Å². The zero-order valence-electron chi connectivity index (χ0n) is 12.8. The number of aliphatic hydroxyl groups excluding tert-OH is 1. The second-order valence-corrected chi connectivity index (χ2v) is 5.51. The maximum absolute atomic E-state index is 13.5. The molecule has 1 rings (SSSR count). The summed E-state index contributed by atoms with van der Waals surface area (Å²) in [4.78, 5) is 2.12. The van der Waals surface area contributed by atoms with Crippen LogP contribution in [0.1, 0.15) is 32.8 Å². The molecule has 0 bridgehead atoms. The lowest BCUT2D eigenvalue weighted by Crippen LogP contribution is -2.29. The van der Waals surface area contributed by atoms with E-state index in [1.165, 1.54) is 6.07 Å². The maximum atomic E-state index is 13.5. The normalized spacial score (nSPS) is 11.1. The predicted octanol–water partition coefficient (Wildman–Crippen LogP) is 2.78. The van der Waals surface area contributed by atoms with Crippen LogP contribution >= 0.6 is 0 Å². The predicted molar refractivity (Wildman–Crippen MR) is 82.5 cm³/mol. The molecule has 2 N–H and O–H groups in total. The first-order valence-electron chi connectivity index (χ1n) is 7.43. The zero-order chi connectivity index (χ0) is 15.0. The lowest BCUT2D eigenvalue weighted by molar-refractivity contribution is 0.301. The molecule has 0 amide bonds. The quantitative estimate of drug-likeness (QED) is 0.731. The molecule has 0 radical (unpaired) electrons. The van der Waals surface area contributed by atoms with Gasteiger partial charge in [-0.2, -0.15) is 0 Å². The number of nitrogens with one attached hydrogen (secondary N) is 1. The van der Waals surface area contributed by atoms with Crippen LogP contribution in [0.2, 0.25) is 0 Å². The molecule has 0 saturated heterocycles. The average molecular weight is 282 g/mol. The largest absolute Gasteiger partial charge is 0.395 e. The Bertz CT molecular complexity index is 390. The second kappa shape index (κ2) is 8.93. The minimum absolute atomic E-state index is 0.107. The first-order chi connectivity index (χ1) is 9.58. The molecule has 0 saturated carbocycles. The molecule has 0 aliphatic carbocycles. The monoisotopic (exact) mass is 282 g/mol. The van der Waals surface area contributed by atoms with Crippen molar-refractivity contribution in [2.24, 2.45) is 5.92 Å². The van der Waals surface area contributed by atoms with Crippen molar-refractivity contribution in [3.63, 3.8) is 0 Å². The number of benzene rings is 1. The standard InChI is InChI=1S/C16H27FN2O/c1-4-7-19(8-9-20)16-6-5-15(17)10-14(16)12-18-11-13(2)3/h5-6,10,13,18,20H,4,7-9,11-12H2,1-3H3. The third kappa shape index (κ3) is 5.47. The smallest absolute Gasteiger partial charge is 0.123 e. The number of anilines is 1. The van der Waals surface area contributed by atoms with Crippen molar-refractivity contribution in [2.75, 3.05) is 31.1 Å². The molecule has 0 aliphatic heterocycles. The minimum atomic E-state index is -0.212. The van der Waals surface area contributed by atoms with Crippen molar-refractivity contribution >= 4 is 5.69 Å². The van der Waals surface area contributed by atoms with Crippen LogP contribution in [0, 0.1) is 11.7 Å². The molecule has 0 aromatic heterocycles. The molecule has 0 fully saturated rings. The van der Waals surface area contributed by atoms with E-state index in [9.17, 15) is 9.50 Å². The molecule has 0 unspecified atom stereocenters. The van der Waals surface area contributed by atoms with Gasteiger partial charge < -0.3 is 15.3 Å². The number of hydrogen-bond acceptors (Lipinski definition) is 3. The first kappa shape index (κ1) is 16.9. The minimum Gasteiger partial charge on any atom is -0.395 e. The van der Waals surface area contributed by atoms with Crippen LogP contribution in [0.4, 0.5) is 10.1 Å². The number of nitrogens with zero attached hydrogens (tertiary/aromatic N) is 1. The van der Waals surface area contributed by atoms with Gasteiger partial charge in [-0.05, 0) is 42.6 Å². The first-order valence-corrected chi connectivity index (χ1v) is 7.43. The molecule has 0 aliphatic rings. The molecule has 114 valence electrons. The van der Waals surface area contributed by atoms with Gasteiger partial charge >= 0.3 is 0 Å². The Morgan fingerprint density at radius 2 is 2.05 bits per heavy atom. The van der Waals surface area contributed by atoms with Crippen LogP contribution in [-0.2, 0) is 6.54 Å². The van der Waals surface area contributed by atoms with Gasteiger partial charge in [-0.25, -0.2) is 4.39 Å². The van der Waals surface area contributed by atoms with Crippen molar-refractivity contribution < 1.29 is 9.50 Å². The number of halogens is 1. The Morgan fingerprint density at radius 1 is 1.30 bits per heavy atom. The number of aliphatic hydroxyl groups is 1. The summed E-state index contributed by atoms with van der Waals surface area (Å²) in [7, 11) is 0. The van der Waals surface area contributed by atoms with Gasteiger partial charge in [0, 0.05) is 25.3 Å². The molecular formula is C16H27FN2O. The third-order valence-electron chi connectivity index (χ3n) is 3.11. The number of rotatable bonds is 9. The van der Waals surface area contributed by atoms with Gasteiger partial charge in [-0.15, -0.1) is 0 Å². The summed E-state index contributed by atoms with van der Waals surface area (Å²) in [6.07, 6.45) is 0.996. The van der Waals surface area contributed by atoms with Gasteiger partial charge in [0.15, 0.2) is 0 Å². The van der Waals surface area contributed by atoms with Crippen LogP contribution < -0.4 is 10.2 Å². The van der Waals surface area contributed by atoms with Gasteiger partial charge in [0.25, 0.3) is 0 Å². The van der Waals surface area contributed by atoms with Gasteiger partial charge in [0.05, 0.1) is 6.61 Å². The van der Waals surface area contributed by atoms with E-state index in [-0.39, 0.29) is 12.4 Å². The van der Waals surface area contributed by atoms with E-state index in [4.69, 9.17) is 0 Å². The molecule has 1 aromatic rings. The van der Waals surface area contributed by atoms with E-state index in [0.717, 1.165) is 30.8 Å². The topological polar surface area (TPSA) is 35.5 Å². The highest BCUT2D eigenvalue weighted by atomic mass is 19.1. The van der Waals surface area contributed by atoms with Crippen molar-refractivity contribution in [1.82, 2.24) is 5.32 Å². The summed E-state index contributed by atoms with van der Waals surface area (Å²) in [6.45, 7) is 9.50. The highest BCUT2D eigenvalue weighted by Crippen LogP contribution is 2.22. The fourth-order valence-electron chi connectivity index (χ4n) is 2.24. The van der Waals surface area contributed by atoms with E-state index >= 15 is 0 Å². The van der Waals surface area contributed by atoms with E-state index < -0.39 is 0 Å². The maximum Gasteiger partial charge on any atom is 0.123 e. The summed E-state index contributed by atoms with van der Waals surface area (Å²) in [6, 6.07) is 4.89. The van der Waals surface area contributed by atoms with E-state index in [2.05, 4.69) is 31.0 Å². The molecule has 4 heteroatoms.